The summed E-state index contributed by atoms with van der Waals surface area (Å²) in [5.41, 5.74) is 2.32. The van der Waals surface area contributed by atoms with Crippen LogP contribution in [0.4, 0.5) is 0 Å². The van der Waals surface area contributed by atoms with Crippen LogP contribution in [0.25, 0.3) is 0 Å². The lowest BCUT2D eigenvalue weighted by atomic mass is 9.75. The molecule has 0 saturated carbocycles. The molecule has 3 nitrogen and oxygen atoms in total. The van der Waals surface area contributed by atoms with Crippen LogP contribution in [0.2, 0.25) is 0 Å². The van der Waals surface area contributed by atoms with E-state index in [9.17, 15) is 4.79 Å². The molecule has 1 aromatic carbocycles. The highest BCUT2D eigenvalue weighted by molar-refractivity contribution is 5.99. The highest BCUT2D eigenvalue weighted by atomic mass is 16.1. The van der Waals surface area contributed by atoms with E-state index in [1.54, 1.807) is 12.1 Å². The number of Topliss-reactive ketones (excluding diaryl/α,β-unsaturated/α-hetero) is 1. The molecule has 2 unspecified atom stereocenters. The quantitative estimate of drug-likeness (QED) is 0.782. The zero-order chi connectivity index (χ0) is 15.0. The predicted octanol–water partition coefficient (Wildman–Crippen LogP) is 3.31. The third-order valence-corrected chi connectivity index (χ3v) is 5.34. The van der Waals surface area contributed by atoms with Crippen LogP contribution >= 0.6 is 0 Å². The van der Waals surface area contributed by atoms with Crippen molar-refractivity contribution < 1.29 is 4.79 Å². The second-order valence-corrected chi connectivity index (χ2v) is 6.58. The highest BCUT2D eigenvalue weighted by Gasteiger charge is 2.39. The van der Waals surface area contributed by atoms with E-state index in [1.807, 2.05) is 13.0 Å². The summed E-state index contributed by atoms with van der Waals surface area (Å²) in [7, 11) is 2.21. The van der Waals surface area contributed by atoms with Gasteiger partial charge in [0.25, 0.3) is 0 Å². The van der Waals surface area contributed by atoms with E-state index in [4.69, 9.17) is 5.26 Å². The molecule has 0 radical (unpaired) electrons. The number of fused-ring (bicyclic) bond motifs is 2. The summed E-state index contributed by atoms with van der Waals surface area (Å²) in [5.74, 6) is 0.374. The smallest absolute Gasteiger partial charge is 0.166 e. The molecule has 2 fully saturated rings. The second kappa shape index (κ2) is 5.61. The minimum atomic E-state index is 0.129. The zero-order valence-electron chi connectivity index (χ0n) is 12.8. The Kier molecular flexibility index (Phi) is 3.82. The van der Waals surface area contributed by atoms with Crippen LogP contribution < -0.4 is 0 Å². The van der Waals surface area contributed by atoms with Crippen molar-refractivity contribution in [3.63, 3.8) is 0 Å². The Morgan fingerprint density at radius 3 is 2.57 bits per heavy atom. The summed E-state index contributed by atoms with van der Waals surface area (Å²) < 4.78 is 0. The first kappa shape index (κ1) is 14.3. The van der Waals surface area contributed by atoms with Gasteiger partial charge in [0, 0.05) is 23.6 Å². The van der Waals surface area contributed by atoms with Crippen LogP contribution in [0.1, 0.15) is 53.6 Å². The zero-order valence-corrected chi connectivity index (χ0v) is 12.8. The third kappa shape index (κ3) is 2.61. The van der Waals surface area contributed by atoms with Gasteiger partial charge in [0.1, 0.15) is 0 Å². The SMILES string of the molecule is Cc1ccc(C#N)cc1C(=O)C1CC2CCCC(C1)N2C. The Morgan fingerprint density at radius 2 is 1.95 bits per heavy atom. The summed E-state index contributed by atoms with van der Waals surface area (Å²) >= 11 is 0. The molecule has 0 aromatic heterocycles. The Labute approximate surface area is 126 Å². The number of rotatable bonds is 2. The van der Waals surface area contributed by atoms with Crippen molar-refractivity contribution in [2.45, 2.75) is 51.1 Å². The van der Waals surface area contributed by atoms with Gasteiger partial charge in [0.2, 0.25) is 0 Å². The number of aryl methyl sites for hydroxylation is 1. The maximum absolute atomic E-state index is 12.9. The predicted molar refractivity (Wildman–Crippen MR) is 82.1 cm³/mol. The molecule has 2 saturated heterocycles. The fourth-order valence-electron chi connectivity index (χ4n) is 4.01. The number of nitrogens with zero attached hydrogens (tertiary/aromatic N) is 2. The molecule has 0 aliphatic carbocycles. The number of piperidine rings is 2. The third-order valence-electron chi connectivity index (χ3n) is 5.34. The van der Waals surface area contributed by atoms with E-state index in [2.05, 4.69) is 18.0 Å². The number of carbonyl (C=O) groups is 1. The summed E-state index contributed by atoms with van der Waals surface area (Å²) in [6.45, 7) is 1.96. The molecular weight excluding hydrogens is 260 g/mol. The lowest BCUT2D eigenvalue weighted by Gasteiger charge is -2.46. The van der Waals surface area contributed by atoms with Gasteiger partial charge in [-0.2, -0.15) is 5.26 Å². The Balaban J connectivity index is 1.85. The Bertz CT molecular complexity index is 588. The molecule has 2 heterocycles. The first-order valence-corrected chi connectivity index (χ1v) is 7.87. The molecule has 3 heteroatoms. The molecule has 1 aromatic rings. The van der Waals surface area contributed by atoms with E-state index in [1.165, 1.54) is 19.3 Å². The molecule has 0 amide bonds. The summed E-state index contributed by atoms with van der Waals surface area (Å²) in [6, 6.07) is 8.71. The summed E-state index contributed by atoms with van der Waals surface area (Å²) in [6.07, 6.45) is 5.68. The van der Waals surface area contributed by atoms with Gasteiger partial charge in [-0.15, -0.1) is 0 Å². The number of hydrogen-bond acceptors (Lipinski definition) is 3. The van der Waals surface area contributed by atoms with Gasteiger partial charge in [-0.25, -0.2) is 0 Å². The normalized spacial score (nSPS) is 28.9. The fourth-order valence-corrected chi connectivity index (χ4v) is 4.01. The van der Waals surface area contributed by atoms with Crippen LogP contribution in [-0.2, 0) is 0 Å². The molecule has 2 aliphatic rings. The lowest BCUT2D eigenvalue weighted by molar-refractivity contribution is 0.0338. The van der Waals surface area contributed by atoms with Crippen LogP contribution in [0.5, 0.6) is 0 Å². The molecule has 0 spiro atoms. The average molecular weight is 282 g/mol. The maximum Gasteiger partial charge on any atom is 0.166 e. The van der Waals surface area contributed by atoms with E-state index in [0.29, 0.717) is 17.6 Å². The summed E-state index contributed by atoms with van der Waals surface area (Å²) in [5, 5.41) is 9.04. The maximum atomic E-state index is 12.9. The molecular formula is C18H22N2O. The molecule has 0 N–H and O–H groups in total. The van der Waals surface area contributed by atoms with Crippen LogP contribution in [0.15, 0.2) is 18.2 Å². The number of nitriles is 1. The lowest BCUT2D eigenvalue weighted by Crippen LogP contribution is -2.51. The number of hydrogen-bond donors (Lipinski definition) is 0. The first-order chi connectivity index (χ1) is 10.1. The monoisotopic (exact) mass is 282 g/mol. The van der Waals surface area contributed by atoms with Gasteiger partial charge in [-0.3, -0.25) is 4.79 Å². The van der Waals surface area contributed by atoms with Crippen molar-refractivity contribution in [2.75, 3.05) is 7.05 Å². The second-order valence-electron chi connectivity index (χ2n) is 6.58. The standard InChI is InChI=1S/C18H22N2O/c1-12-6-7-13(11-19)8-17(12)18(21)14-9-15-4-3-5-16(10-14)20(15)2/h6-8,14-16H,3-5,9-10H2,1-2H3. The van der Waals surface area contributed by atoms with E-state index in [-0.39, 0.29) is 11.7 Å². The van der Waals surface area contributed by atoms with Crippen molar-refractivity contribution in [3.8, 4) is 6.07 Å². The highest BCUT2D eigenvalue weighted by Crippen LogP contribution is 2.37. The van der Waals surface area contributed by atoms with Crippen LogP contribution in [-0.4, -0.2) is 29.8 Å². The van der Waals surface area contributed by atoms with E-state index < -0.39 is 0 Å². The van der Waals surface area contributed by atoms with Crippen LogP contribution in [0.3, 0.4) is 0 Å². The number of carbonyl (C=O) groups excluding carboxylic acids is 1. The van der Waals surface area contributed by atoms with Gasteiger partial charge in [-0.05, 0) is 57.4 Å². The van der Waals surface area contributed by atoms with Crippen molar-refractivity contribution in [1.29, 1.82) is 5.26 Å². The Hall–Kier alpha value is -1.66. The van der Waals surface area contributed by atoms with Crippen LogP contribution in [0, 0.1) is 24.2 Å². The van der Waals surface area contributed by atoms with E-state index >= 15 is 0 Å². The Morgan fingerprint density at radius 1 is 1.29 bits per heavy atom. The average Bonchev–Trinajstić information content (AvgIpc) is 2.47. The van der Waals surface area contributed by atoms with Gasteiger partial charge in [0.05, 0.1) is 11.6 Å². The fraction of sp³-hybridized carbons (Fsp3) is 0.556. The molecule has 2 aliphatic heterocycles. The van der Waals surface area contributed by atoms with Crippen molar-refractivity contribution in [3.05, 3.63) is 34.9 Å². The van der Waals surface area contributed by atoms with Gasteiger partial charge >= 0.3 is 0 Å². The minimum absolute atomic E-state index is 0.129. The van der Waals surface area contributed by atoms with Gasteiger partial charge in [-0.1, -0.05) is 12.5 Å². The molecule has 2 bridgehead atoms. The molecule has 110 valence electrons. The molecule has 3 rings (SSSR count). The van der Waals surface area contributed by atoms with Crippen molar-refractivity contribution in [1.82, 2.24) is 4.90 Å². The first-order valence-electron chi connectivity index (χ1n) is 7.87. The number of benzene rings is 1. The minimum Gasteiger partial charge on any atom is -0.300 e. The van der Waals surface area contributed by atoms with Crippen molar-refractivity contribution in [2.24, 2.45) is 5.92 Å². The summed E-state index contributed by atoms with van der Waals surface area (Å²) in [4.78, 5) is 15.4. The molecule has 21 heavy (non-hydrogen) atoms. The van der Waals surface area contributed by atoms with Crippen molar-refractivity contribution >= 4 is 5.78 Å². The van der Waals surface area contributed by atoms with E-state index in [0.717, 1.165) is 24.0 Å². The number of ketones is 1. The van der Waals surface area contributed by atoms with Gasteiger partial charge in [0.15, 0.2) is 5.78 Å². The topological polar surface area (TPSA) is 44.1 Å². The largest absolute Gasteiger partial charge is 0.300 e. The van der Waals surface area contributed by atoms with Gasteiger partial charge < -0.3 is 4.90 Å². The molecule has 2 atom stereocenters.